The minimum Gasteiger partial charge on any atom is -0.351 e. The largest absolute Gasteiger partial charge is 0.351 e. The van der Waals surface area contributed by atoms with E-state index in [4.69, 9.17) is 11.6 Å². The van der Waals surface area contributed by atoms with Gasteiger partial charge in [0.1, 0.15) is 0 Å². The highest BCUT2D eigenvalue weighted by atomic mass is 35.5. The van der Waals surface area contributed by atoms with Crippen molar-refractivity contribution in [3.05, 3.63) is 53.4 Å². The number of hydrogen-bond donors (Lipinski definition) is 1. The Morgan fingerprint density at radius 3 is 2.40 bits per heavy atom. The Morgan fingerprint density at radius 2 is 1.73 bits per heavy atom. The third kappa shape index (κ3) is 2.94. The number of rotatable bonds is 4. The highest BCUT2D eigenvalue weighted by Crippen LogP contribution is 2.59. The van der Waals surface area contributed by atoms with Crippen LogP contribution in [0.15, 0.2) is 42.9 Å². The first-order valence-electron chi connectivity index (χ1n) is 11.0. The molecule has 0 saturated heterocycles. The van der Waals surface area contributed by atoms with Crippen LogP contribution in [-0.2, 0) is 0 Å². The van der Waals surface area contributed by atoms with Crippen molar-refractivity contribution in [1.29, 1.82) is 0 Å². The topological polar surface area (TPSA) is 59.8 Å². The number of amides is 1. The van der Waals surface area contributed by atoms with Crippen LogP contribution in [0.1, 0.15) is 48.9 Å². The van der Waals surface area contributed by atoms with Crippen LogP contribution < -0.4 is 5.32 Å². The maximum atomic E-state index is 13.3. The molecule has 0 radical (unpaired) electrons. The Kier molecular flexibility index (Phi) is 4.17. The first-order chi connectivity index (χ1) is 14.6. The molecule has 1 aromatic carbocycles. The summed E-state index contributed by atoms with van der Waals surface area (Å²) in [5.74, 6) is 3.10. The Morgan fingerprint density at radius 1 is 1.07 bits per heavy atom. The Bertz CT molecular complexity index is 1090. The van der Waals surface area contributed by atoms with E-state index in [1.54, 1.807) is 18.5 Å². The molecule has 154 valence electrons. The number of aromatic nitrogens is 3. The fraction of sp³-hybridized carbons (Fsp3) is 0.458. The second-order valence-electron chi connectivity index (χ2n) is 9.70. The van der Waals surface area contributed by atoms with Gasteiger partial charge in [0, 0.05) is 30.5 Å². The molecule has 4 aliphatic rings. The summed E-state index contributed by atoms with van der Waals surface area (Å²) in [6, 6.07) is 7.45. The number of carbonyl (C=O) groups excluding carboxylic acids is 1. The fourth-order valence-corrected chi connectivity index (χ4v) is 7.14. The molecule has 4 aliphatic carbocycles. The lowest BCUT2D eigenvalue weighted by atomic mass is 9.49. The number of nitrogens with one attached hydrogen (secondary N) is 1. The van der Waals surface area contributed by atoms with E-state index in [-0.39, 0.29) is 5.91 Å². The molecule has 1 amide bonds. The summed E-state index contributed by atoms with van der Waals surface area (Å²) in [6.45, 7) is 0.772. The maximum absolute atomic E-state index is 13.3. The lowest BCUT2D eigenvalue weighted by molar-refractivity contribution is -0.0503. The molecular formula is C24H25ClN4O. The molecule has 6 heteroatoms. The minimum atomic E-state index is -0.0569. The van der Waals surface area contributed by atoms with E-state index < -0.39 is 0 Å². The fourth-order valence-electron chi connectivity index (χ4n) is 6.87. The Labute approximate surface area is 180 Å². The third-order valence-corrected chi connectivity index (χ3v) is 7.89. The van der Waals surface area contributed by atoms with Gasteiger partial charge in [-0.1, -0.05) is 17.7 Å². The second-order valence-corrected chi connectivity index (χ2v) is 10.1. The quantitative estimate of drug-likeness (QED) is 0.644. The van der Waals surface area contributed by atoms with Crippen molar-refractivity contribution in [2.75, 3.05) is 6.54 Å². The van der Waals surface area contributed by atoms with Gasteiger partial charge in [0.25, 0.3) is 5.91 Å². The molecule has 0 unspecified atom stereocenters. The first-order valence-corrected chi connectivity index (χ1v) is 11.3. The van der Waals surface area contributed by atoms with E-state index in [1.807, 2.05) is 29.0 Å². The van der Waals surface area contributed by atoms with Crippen molar-refractivity contribution in [2.45, 2.75) is 38.5 Å². The number of benzene rings is 1. The third-order valence-electron chi connectivity index (χ3n) is 7.58. The van der Waals surface area contributed by atoms with Gasteiger partial charge < -0.3 is 5.32 Å². The van der Waals surface area contributed by atoms with Gasteiger partial charge in [-0.15, -0.1) is 0 Å². The zero-order chi connectivity index (χ0) is 20.3. The van der Waals surface area contributed by atoms with Crippen molar-refractivity contribution >= 4 is 28.4 Å². The Hall–Kier alpha value is -2.40. The van der Waals surface area contributed by atoms with E-state index in [1.165, 1.54) is 38.5 Å². The van der Waals surface area contributed by atoms with Crippen LogP contribution in [-0.4, -0.2) is 27.0 Å². The van der Waals surface area contributed by atoms with E-state index >= 15 is 0 Å². The van der Waals surface area contributed by atoms with Crippen molar-refractivity contribution in [3.63, 3.8) is 0 Å². The number of nitrogens with zero attached hydrogens (tertiary/aromatic N) is 3. The smallest absolute Gasteiger partial charge is 0.253 e. The predicted molar refractivity (Wildman–Crippen MR) is 117 cm³/mol. The van der Waals surface area contributed by atoms with E-state index in [0.717, 1.165) is 35.2 Å². The highest BCUT2D eigenvalue weighted by Gasteiger charge is 2.50. The molecule has 5 nitrogen and oxygen atoms in total. The molecule has 30 heavy (non-hydrogen) atoms. The van der Waals surface area contributed by atoms with Crippen LogP contribution in [0.25, 0.3) is 16.9 Å². The average molecular weight is 421 g/mol. The molecule has 7 rings (SSSR count). The summed E-state index contributed by atoms with van der Waals surface area (Å²) < 4.78 is 1.85. The normalized spacial score (nSPS) is 29.4. The van der Waals surface area contributed by atoms with Gasteiger partial charge in [0.2, 0.25) is 5.95 Å². The lowest BCUT2D eigenvalue weighted by Crippen LogP contribution is -2.51. The SMILES string of the molecule is O=C(NCC12CC3CC(CC(C3)C1)C2)c1cn(-c2ncccn2)c2cccc(Cl)c12. The average Bonchev–Trinajstić information content (AvgIpc) is 3.13. The van der Waals surface area contributed by atoms with Gasteiger partial charge in [-0.25, -0.2) is 9.97 Å². The van der Waals surface area contributed by atoms with Crippen LogP contribution in [0.2, 0.25) is 5.02 Å². The minimum absolute atomic E-state index is 0.0569. The first kappa shape index (κ1) is 18.4. The highest BCUT2D eigenvalue weighted by molar-refractivity contribution is 6.37. The summed E-state index contributed by atoms with van der Waals surface area (Å²) in [6.07, 6.45) is 13.3. The number of carbonyl (C=O) groups is 1. The molecule has 0 aliphatic heterocycles. The van der Waals surface area contributed by atoms with Crippen LogP contribution in [0.4, 0.5) is 0 Å². The molecule has 2 aromatic heterocycles. The molecule has 0 spiro atoms. The molecule has 0 atom stereocenters. The molecule has 3 aromatic rings. The van der Waals surface area contributed by atoms with Crippen molar-refractivity contribution in [3.8, 4) is 5.95 Å². The summed E-state index contributed by atoms with van der Waals surface area (Å²) >= 11 is 6.53. The monoisotopic (exact) mass is 420 g/mol. The van der Waals surface area contributed by atoms with Gasteiger partial charge in [-0.2, -0.15) is 0 Å². The van der Waals surface area contributed by atoms with Crippen LogP contribution >= 0.6 is 11.6 Å². The molecule has 4 fully saturated rings. The molecule has 1 N–H and O–H groups in total. The van der Waals surface area contributed by atoms with E-state index in [2.05, 4.69) is 15.3 Å². The molecule has 4 saturated carbocycles. The van der Waals surface area contributed by atoms with Crippen molar-refractivity contribution in [1.82, 2.24) is 19.9 Å². The maximum Gasteiger partial charge on any atom is 0.253 e. The zero-order valence-corrected chi connectivity index (χ0v) is 17.6. The summed E-state index contributed by atoms with van der Waals surface area (Å²) in [5.41, 5.74) is 1.73. The number of hydrogen-bond acceptors (Lipinski definition) is 3. The van der Waals surface area contributed by atoms with Gasteiger partial charge in [-0.3, -0.25) is 9.36 Å². The lowest BCUT2D eigenvalue weighted by Gasteiger charge is -2.56. The zero-order valence-electron chi connectivity index (χ0n) is 16.9. The van der Waals surface area contributed by atoms with Crippen LogP contribution in [0.5, 0.6) is 0 Å². The van der Waals surface area contributed by atoms with Gasteiger partial charge in [0.05, 0.1) is 16.1 Å². The summed E-state index contributed by atoms with van der Waals surface area (Å²) in [7, 11) is 0. The summed E-state index contributed by atoms with van der Waals surface area (Å²) in [4.78, 5) is 22.0. The summed E-state index contributed by atoms with van der Waals surface area (Å²) in [5, 5.41) is 4.62. The van der Waals surface area contributed by atoms with Crippen LogP contribution in [0.3, 0.4) is 0 Å². The number of halogens is 1. The van der Waals surface area contributed by atoms with E-state index in [9.17, 15) is 4.79 Å². The second kappa shape index (κ2) is 6.81. The molecule has 2 heterocycles. The van der Waals surface area contributed by atoms with Gasteiger partial charge >= 0.3 is 0 Å². The van der Waals surface area contributed by atoms with Crippen LogP contribution in [0, 0.1) is 23.2 Å². The predicted octanol–water partition coefficient (Wildman–Crippen LogP) is 5.02. The molecular weight excluding hydrogens is 396 g/mol. The van der Waals surface area contributed by atoms with E-state index in [0.29, 0.717) is 21.9 Å². The van der Waals surface area contributed by atoms with Crippen molar-refractivity contribution in [2.24, 2.45) is 23.2 Å². The molecule has 4 bridgehead atoms. The van der Waals surface area contributed by atoms with Gasteiger partial charge in [-0.05, 0) is 79.9 Å². The van der Waals surface area contributed by atoms with Crippen molar-refractivity contribution < 1.29 is 4.79 Å². The number of fused-ring (bicyclic) bond motifs is 1. The standard InChI is InChI=1S/C24H25ClN4O/c25-19-3-1-4-20-21(19)18(13-29(20)23-26-5-2-6-27-23)22(30)28-14-24-10-15-7-16(11-24)9-17(8-15)12-24/h1-6,13,15-17H,7-12,14H2,(H,28,30). The Balaban J connectivity index is 1.31. The van der Waals surface area contributed by atoms with Gasteiger partial charge in [0.15, 0.2) is 0 Å².